The molecule has 0 radical (unpaired) electrons. The lowest BCUT2D eigenvalue weighted by Gasteiger charge is -2.35. The van der Waals surface area contributed by atoms with Crippen molar-refractivity contribution in [3.63, 3.8) is 0 Å². The molecule has 0 aliphatic heterocycles. The minimum Gasteiger partial charge on any atom is -0.496 e. The first-order valence-electron chi connectivity index (χ1n) is 8.30. The molecule has 2 rings (SSSR count). The first kappa shape index (κ1) is 16.3. The van der Waals surface area contributed by atoms with Crippen LogP contribution in [0.3, 0.4) is 0 Å². The molecular weight excluding hydrogens is 260 g/mol. The van der Waals surface area contributed by atoms with Crippen LogP contribution >= 0.6 is 0 Å². The molecule has 21 heavy (non-hydrogen) atoms. The number of nitrogens with zero attached hydrogens (tertiary/aromatic N) is 1. The summed E-state index contributed by atoms with van der Waals surface area (Å²) in [4.78, 5) is 2.49. The van der Waals surface area contributed by atoms with Crippen LogP contribution in [-0.2, 0) is 6.54 Å². The lowest BCUT2D eigenvalue weighted by atomic mass is 9.90. The fourth-order valence-electron chi connectivity index (χ4n) is 3.30. The zero-order valence-electron chi connectivity index (χ0n) is 13.8. The number of nitrogens with one attached hydrogen (secondary N) is 1. The normalized spacial score (nSPS) is 22.5. The van der Waals surface area contributed by atoms with E-state index in [2.05, 4.69) is 42.4 Å². The van der Waals surface area contributed by atoms with E-state index >= 15 is 0 Å². The Morgan fingerprint density at radius 1 is 1.19 bits per heavy atom. The van der Waals surface area contributed by atoms with Crippen molar-refractivity contribution in [1.29, 1.82) is 0 Å². The molecule has 1 N–H and O–H groups in total. The number of methoxy groups -OCH3 is 1. The highest BCUT2D eigenvalue weighted by molar-refractivity contribution is 5.33. The van der Waals surface area contributed by atoms with Crippen molar-refractivity contribution in [1.82, 2.24) is 10.2 Å². The van der Waals surface area contributed by atoms with E-state index in [4.69, 9.17) is 4.74 Å². The summed E-state index contributed by atoms with van der Waals surface area (Å²) in [6.07, 6.45) is 6.44. The second kappa shape index (κ2) is 8.40. The Morgan fingerprint density at radius 3 is 2.57 bits per heavy atom. The van der Waals surface area contributed by atoms with Crippen molar-refractivity contribution in [2.75, 3.05) is 20.7 Å². The van der Waals surface area contributed by atoms with Crippen molar-refractivity contribution >= 4 is 0 Å². The van der Waals surface area contributed by atoms with Gasteiger partial charge in [-0.2, -0.15) is 0 Å². The standard InChI is InChI=1S/C18H30N2O/c1-4-13-19-16-9-11-17(12-10-16)20(2)14-15-7-5-6-8-18(15)21-3/h5-8,16-17,19H,4,9-14H2,1-3H3. The third-order valence-corrected chi connectivity index (χ3v) is 4.62. The maximum Gasteiger partial charge on any atom is 0.123 e. The highest BCUT2D eigenvalue weighted by Crippen LogP contribution is 2.25. The fourth-order valence-corrected chi connectivity index (χ4v) is 3.30. The van der Waals surface area contributed by atoms with E-state index in [0.29, 0.717) is 6.04 Å². The third-order valence-electron chi connectivity index (χ3n) is 4.62. The highest BCUT2D eigenvalue weighted by atomic mass is 16.5. The number of hydrogen-bond acceptors (Lipinski definition) is 3. The van der Waals surface area contributed by atoms with Gasteiger partial charge in [0.2, 0.25) is 0 Å². The van der Waals surface area contributed by atoms with E-state index in [0.717, 1.165) is 24.9 Å². The Morgan fingerprint density at radius 2 is 1.90 bits per heavy atom. The van der Waals surface area contributed by atoms with E-state index in [1.165, 1.54) is 37.7 Å². The smallest absolute Gasteiger partial charge is 0.123 e. The van der Waals surface area contributed by atoms with E-state index in [1.54, 1.807) is 7.11 Å². The predicted octanol–water partition coefficient (Wildman–Crippen LogP) is 3.44. The van der Waals surface area contributed by atoms with Gasteiger partial charge in [0.25, 0.3) is 0 Å². The molecule has 0 unspecified atom stereocenters. The maximum absolute atomic E-state index is 5.46. The summed E-state index contributed by atoms with van der Waals surface area (Å²) in [5.74, 6) is 1.00. The van der Waals surface area contributed by atoms with Gasteiger partial charge in [0.05, 0.1) is 7.11 Å². The van der Waals surface area contributed by atoms with Crippen molar-refractivity contribution in [2.45, 2.75) is 57.7 Å². The van der Waals surface area contributed by atoms with Gasteiger partial charge < -0.3 is 10.1 Å². The number of ether oxygens (including phenoxy) is 1. The molecular formula is C18H30N2O. The van der Waals surface area contributed by atoms with Gasteiger partial charge in [-0.25, -0.2) is 0 Å². The van der Waals surface area contributed by atoms with Crippen LogP contribution in [0.15, 0.2) is 24.3 Å². The van der Waals surface area contributed by atoms with Crippen molar-refractivity contribution in [3.8, 4) is 5.75 Å². The summed E-state index contributed by atoms with van der Waals surface area (Å²) in [5.41, 5.74) is 1.29. The van der Waals surface area contributed by atoms with Gasteiger partial charge in [-0.05, 0) is 51.8 Å². The molecule has 1 aromatic rings. The van der Waals surface area contributed by atoms with Gasteiger partial charge in [0.1, 0.15) is 5.75 Å². The van der Waals surface area contributed by atoms with Crippen molar-refractivity contribution in [2.24, 2.45) is 0 Å². The van der Waals surface area contributed by atoms with Crippen LogP contribution in [0.2, 0.25) is 0 Å². The van der Waals surface area contributed by atoms with E-state index in [1.807, 2.05) is 6.07 Å². The molecule has 1 aromatic carbocycles. The number of hydrogen-bond donors (Lipinski definition) is 1. The van der Waals surface area contributed by atoms with Gasteiger partial charge >= 0.3 is 0 Å². The molecule has 3 nitrogen and oxygen atoms in total. The first-order chi connectivity index (χ1) is 10.2. The lowest BCUT2D eigenvalue weighted by molar-refractivity contribution is 0.166. The van der Waals surface area contributed by atoms with Crippen molar-refractivity contribution in [3.05, 3.63) is 29.8 Å². The molecule has 1 aliphatic rings. The molecule has 0 heterocycles. The largest absolute Gasteiger partial charge is 0.496 e. The quantitative estimate of drug-likeness (QED) is 0.832. The van der Waals surface area contributed by atoms with Gasteiger partial charge in [-0.15, -0.1) is 0 Å². The zero-order valence-corrected chi connectivity index (χ0v) is 13.8. The van der Waals surface area contributed by atoms with E-state index in [-0.39, 0.29) is 0 Å². The van der Waals surface area contributed by atoms with Gasteiger partial charge in [0, 0.05) is 24.2 Å². The summed E-state index contributed by atoms with van der Waals surface area (Å²) in [5, 5.41) is 3.66. The topological polar surface area (TPSA) is 24.5 Å². The minimum absolute atomic E-state index is 0.703. The summed E-state index contributed by atoms with van der Waals surface area (Å²) >= 11 is 0. The molecule has 0 spiro atoms. The van der Waals surface area contributed by atoms with Gasteiger partial charge in [0.15, 0.2) is 0 Å². The van der Waals surface area contributed by atoms with Crippen LogP contribution in [0.25, 0.3) is 0 Å². The summed E-state index contributed by atoms with van der Waals surface area (Å²) in [6, 6.07) is 9.79. The van der Waals surface area contributed by atoms with E-state index < -0.39 is 0 Å². The SMILES string of the molecule is CCCNC1CCC(N(C)Cc2ccccc2OC)CC1. The molecule has 118 valence electrons. The number of para-hydroxylation sites is 1. The Bertz CT molecular complexity index is 413. The molecule has 0 atom stereocenters. The average molecular weight is 290 g/mol. The second-order valence-corrected chi connectivity index (χ2v) is 6.19. The molecule has 1 fully saturated rings. The maximum atomic E-state index is 5.46. The highest BCUT2D eigenvalue weighted by Gasteiger charge is 2.23. The van der Waals surface area contributed by atoms with Crippen LogP contribution in [0.5, 0.6) is 5.75 Å². The first-order valence-corrected chi connectivity index (χ1v) is 8.30. The van der Waals surface area contributed by atoms with Crippen LogP contribution in [-0.4, -0.2) is 37.7 Å². The molecule has 1 saturated carbocycles. The second-order valence-electron chi connectivity index (χ2n) is 6.19. The summed E-state index contributed by atoms with van der Waals surface area (Å²) in [6.45, 7) is 4.37. The Balaban J connectivity index is 1.83. The molecule has 0 amide bonds. The number of benzene rings is 1. The molecule has 0 saturated heterocycles. The molecule has 0 aromatic heterocycles. The Hall–Kier alpha value is -1.06. The number of rotatable bonds is 7. The Kier molecular flexibility index (Phi) is 6.52. The lowest BCUT2D eigenvalue weighted by Crippen LogP contribution is -2.40. The average Bonchev–Trinajstić information content (AvgIpc) is 2.54. The summed E-state index contributed by atoms with van der Waals surface area (Å²) in [7, 11) is 4.00. The molecule has 1 aliphatic carbocycles. The van der Waals surface area contributed by atoms with Gasteiger partial charge in [-0.3, -0.25) is 4.90 Å². The summed E-state index contributed by atoms with van der Waals surface area (Å²) < 4.78 is 5.46. The van der Waals surface area contributed by atoms with Gasteiger partial charge in [-0.1, -0.05) is 25.1 Å². The van der Waals surface area contributed by atoms with Crippen LogP contribution < -0.4 is 10.1 Å². The molecule has 0 bridgehead atoms. The Labute approximate surface area is 129 Å². The zero-order chi connectivity index (χ0) is 15.1. The third kappa shape index (κ3) is 4.72. The van der Waals surface area contributed by atoms with Crippen LogP contribution in [0.1, 0.15) is 44.6 Å². The van der Waals surface area contributed by atoms with Crippen molar-refractivity contribution < 1.29 is 4.74 Å². The monoisotopic (exact) mass is 290 g/mol. The molecule has 3 heteroatoms. The minimum atomic E-state index is 0.703. The van der Waals surface area contributed by atoms with E-state index in [9.17, 15) is 0 Å². The van der Waals surface area contributed by atoms with Crippen LogP contribution in [0, 0.1) is 0 Å². The fraction of sp³-hybridized carbons (Fsp3) is 0.667. The predicted molar refractivity (Wildman–Crippen MR) is 88.8 cm³/mol. The van der Waals surface area contributed by atoms with Crippen LogP contribution in [0.4, 0.5) is 0 Å².